The highest BCUT2D eigenvalue weighted by Gasteiger charge is 2.17. The largest absolute Gasteiger partial charge is 0.348 e. The van der Waals surface area contributed by atoms with E-state index in [0.29, 0.717) is 15.9 Å². The fraction of sp³-hybridized carbons (Fsp3) is 0.350. The fourth-order valence-electron chi connectivity index (χ4n) is 3.09. The van der Waals surface area contributed by atoms with Gasteiger partial charge in [0.05, 0.1) is 11.4 Å². The lowest BCUT2D eigenvalue weighted by molar-refractivity contribution is 0.102. The van der Waals surface area contributed by atoms with E-state index in [4.69, 9.17) is 11.6 Å². The van der Waals surface area contributed by atoms with Crippen LogP contribution in [0.3, 0.4) is 0 Å². The Bertz CT molecular complexity index is 977. The zero-order valence-electron chi connectivity index (χ0n) is 16.0. The number of hydrogen-bond acceptors (Lipinski definition) is 4. The van der Waals surface area contributed by atoms with Crippen LogP contribution in [0.25, 0.3) is 5.69 Å². The molecular weight excluding hydrogens is 380 g/mol. The van der Waals surface area contributed by atoms with Crippen LogP contribution >= 0.6 is 23.4 Å². The van der Waals surface area contributed by atoms with Crippen LogP contribution in [0.1, 0.15) is 40.7 Å². The van der Waals surface area contributed by atoms with E-state index in [9.17, 15) is 4.79 Å². The van der Waals surface area contributed by atoms with Crippen LogP contribution in [-0.2, 0) is 6.54 Å². The van der Waals surface area contributed by atoms with Gasteiger partial charge < -0.3 is 4.57 Å². The van der Waals surface area contributed by atoms with Crippen LogP contribution in [0.15, 0.2) is 35.7 Å². The smallest absolute Gasteiger partial charge is 0.196 e. The summed E-state index contributed by atoms with van der Waals surface area (Å²) >= 11 is 7.62. The third-order valence-corrected chi connectivity index (χ3v) is 5.95. The monoisotopic (exact) mass is 402 g/mol. The standard InChI is InChI=1S/C20H23ClN4OS/c1-5-8-24-14(3)9-17(15(24)4)19(26)11-27-20-23-22-12-25(20)16-7-6-13(2)18(21)10-16/h6-7,9-10,12H,5,8,11H2,1-4H3. The van der Waals surface area contributed by atoms with Crippen molar-refractivity contribution < 1.29 is 4.79 Å². The molecule has 2 heterocycles. The predicted octanol–water partition coefficient (Wildman–Crippen LogP) is 5.03. The number of rotatable bonds is 7. The van der Waals surface area contributed by atoms with E-state index in [1.165, 1.54) is 11.8 Å². The summed E-state index contributed by atoms with van der Waals surface area (Å²) in [6.07, 6.45) is 2.68. The van der Waals surface area contributed by atoms with Crippen molar-refractivity contribution in [1.29, 1.82) is 0 Å². The van der Waals surface area contributed by atoms with E-state index in [1.807, 2.05) is 49.6 Å². The van der Waals surface area contributed by atoms with Crippen LogP contribution in [0.4, 0.5) is 0 Å². The van der Waals surface area contributed by atoms with Gasteiger partial charge in [0.25, 0.3) is 0 Å². The van der Waals surface area contributed by atoms with Crippen molar-refractivity contribution >= 4 is 29.1 Å². The number of aromatic nitrogens is 4. The summed E-state index contributed by atoms with van der Waals surface area (Å²) in [5, 5.41) is 9.52. The molecule has 0 spiro atoms. The summed E-state index contributed by atoms with van der Waals surface area (Å²) in [5.41, 5.74) is 4.84. The molecule has 0 bridgehead atoms. The second kappa shape index (κ2) is 8.31. The lowest BCUT2D eigenvalue weighted by Crippen LogP contribution is -2.07. The van der Waals surface area contributed by atoms with Gasteiger partial charge in [-0.1, -0.05) is 36.4 Å². The average Bonchev–Trinajstić information content (AvgIpc) is 3.22. The Kier molecular flexibility index (Phi) is 6.07. The number of ketones is 1. The summed E-state index contributed by atoms with van der Waals surface area (Å²) in [4.78, 5) is 12.8. The molecule has 142 valence electrons. The van der Waals surface area contributed by atoms with Crippen LogP contribution in [-0.4, -0.2) is 30.9 Å². The number of nitrogens with zero attached hydrogens (tertiary/aromatic N) is 4. The summed E-state index contributed by atoms with van der Waals surface area (Å²) < 4.78 is 4.05. The fourth-order valence-corrected chi connectivity index (χ4v) is 4.08. The number of thioether (sulfide) groups is 1. The van der Waals surface area contributed by atoms with Gasteiger partial charge in [0, 0.05) is 28.5 Å². The first kappa shape index (κ1) is 19.7. The van der Waals surface area contributed by atoms with Crippen molar-refractivity contribution in [2.24, 2.45) is 0 Å². The number of Topliss-reactive ketones (excluding diaryl/α,β-unsaturated/α-hetero) is 1. The van der Waals surface area contributed by atoms with Crippen molar-refractivity contribution in [3.05, 3.63) is 58.1 Å². The normalized spacial score (nSPS) is 11.1. The summed E-state index contributed by atoms with van der Waals surface area (Å²) in [5.74, 6) is 0.418. The first-order valence-electron chi connectivity index (χ1n) is 8.91. The molecule has 3 aromatic rings. The molecule has 0 atom stereocenters. The second-order valence-electron chi connectivity index (χ2n) is 6.57. The van der Waals surface area contributed by atoms with E-state index in [0.717, 1.165) is 41.2 Å². The zero-order valence-corrected chi connectivity index (χ0v) is 17.6. The van der Waals surface area contributed by atoms with Crippen molar-refractivity contribution in [3.63, 3.8) is 0 Å². The number of carbonyl (C=O) groups is 1. The molecule has 0 unspecified atom stereocenters. The number of halogens is 1. The SMILES string of the molecule is CCCn1c(C)cc(C(=O)CSc2nncn2-c2ccc(C)c(Cl)c2)c1C. The van der Waals surface area contributed by atoms with Gasteiger partial charge in [0.2, 0.25) is 0 Å². The summed E-state index contributed by atoms with van der Waals surface area (Å²) in [6.45, 7) is 9.09. The molecule has 0 aliphatic heterocycles. The molecule has 0 saturated carbocycles. The molecule has 5 nitrogen and oxygen atoms in total. The molecule has 0 aliphatic rings. The molecule has 0 amide bonds. The van der Waals surface area contributed by atoms with E-state index in [1.54, 1.807) is 6.33 Å². The molecule has 3 rings (SSSR count). The first-order chi connectivity index (χ1) is 12.9. The number of hydrogen-bond donors (Lipinski definition) is 0. The number of benzene rings is 1. The molecule has 0 fully saturated rings. The second-order valence-corrected chi connectivity index (χ2v) is 7.91. The highest BCUT2D eigenvalue weighted by molar-refractivity contribution is 7.99. The number of carbonyl (C=O) groups excluding carboxylic acids is 1. The zero-order chi connectivity index (χ0) is 19.6. The van der Waals surface area contributed by atoms with Crippen molar-refractivity contribution in [3.8, 4) is 5.69 Å². The topological polar surface area (TPSA) is 52.7 Å². The lowest BCUT2D eigenvalue weighted by atomic mass is 10.2. The minimum atomic E-state index is 0.104. The predicted molar refractivity (Wildman–Crippen MR) is 110 cm³/mol. The van der Waals surface area contributed by atoms with Gasteiger partial charge in [0.15, 0.2) is 10.9 Å². The van der Waals surface area contributed by atoms with Crippen LogP contribution in [0, 0.1) is 20.8 Å². The summed E-state index contributed by atoms with van der Waals surface area (Å²) in [6, 6.07) is 7.79. The Balaban J connectivity index is 1.76. The van der Waals surface area contributed by atoms with Crippen molar-refractivity contribution in [1.82, 2.24) is 19.3 Å². The van der Waals surface area contributed by atoms with Gasteiger partial charge in [0.1, 0.15) is 6.33 Å². The molecule has 0 aliphatic carbocycles. The van der Waals surface area contributed by atoms with Gasteiger partial charge >= 0.3 is 0 Å². The van der Waals surface area contributed by atoms with Crippen LogP contribution in [0.5, 0.6) is 0 Å². The van der Waals surface area contributed by atoms with Gasteiger partial charge in [-0.15, -0.1) is 10.2 Å². The van der Waals surface area contributed by atoms with E-state index >= 15 is 0 Å². The Labute approximate surface area is 168 Å². The third kappa shape index (κ3) is 4.12. The molecule has 0 N–H and O–H groups in total. The van der Waals surface area contributed by atoms with Gasteiger partial charge in [-0.25, -0.2) is 0 Å². The van der Waals surface area contributed by atoms with Crippen LogP contribution in [0.2, 0.25) is 5.02 Å². The van der Waals surface area contributed by atoms with Gasteiger partial charge in [-0.3, -0.25) is 9.36 Å². The van der Waals surface area contributed by atoms with E-state index in [2.05, 4.69) is 21.7 Å². The molecule has 7 heteroatoms. The Morgan fingerprint density at radius 2 is 2.00 bits per heavy atom. The van der Waals surface area contributed by atoms with Gasteiger partial charge in [-0.2, -0.15) is 0 Å². The summed E-state index contributed by atoms with van der Waals surface area (Å²) in [7, 11) is 0. The quantitative estimate of drug-likeness (QED) is 0.410. The minimum Gasteiger partial charge on any atom is -0.348 e. The highest BCUT2D eigenvalue weighted by Crippen LogP contribution is 2.25. The van der Waals surface area contributed by atoms with E-state index < -0.39 is 0 Å². The van der Waals surface area contributed by atoms with Crippen molar-refractivity contribution in [2.45, 2.75) is 45.8 Å². The molecule has 2 aromatic heterocycles. The maximum Gasteiger partial charge on any atom is 0.196 e. The molecule has 27 heavy (non-hydrogen) atoms. The van der Waals surface area contributed by atoms with Gasteiger partial charge in [-0.05, 0) is 51.0 Å². The average molecular weight is 403 g/mol. The Hall–Kier alpha value is -2.05. The minimum absolute atomic E-state index is 0.104. The lowest BCUT2D eigenvalue weighted by Gasteiger charge is -2.08. The van der Waals surface area contributed by atoms with Crippen molar-refractivity contribution in [2.75, 3.05) is 5.75 Å². The molecule has 1 aromatic carbocycles. The highest BCUT2D eigenvalue weighted by atomic mass is 35.5. The number of aryl methyl sites for hydroxylation is 2. The molecule has 0 radical (unpaired) electrons. The third-order valence-electron chi connectivity index (χ3n) is 4.60. The Morgan fingerprint density at radius 3 is 2.70 bits per heavy atom. The first-order valence-corrected chi connectivity index (χ1v) is 10.3. The Morgan fingerprint density at radius 1 is 1.22 bits per heavy atom. The maximum atomic E-state index is 12.8. The molecule has 0 saturated heterocycles. The van der Waals surface area contributed by atoms with E-state index in [-0.39, 0.29) is 5.78 Å². The molecular formula is C20H23ClN4OS. The maximum absolute atomic E-state index is 12.8. The van der Waals surface area contributed by atoms with Crippen LogP contribution < -0.4 is 0 Å².